The van der Waals surface area contributed by atoms with Gasteiger partial charge in [-0.15, -0.1) is 0 Å². The van der Waals surface area contributed by atoms with E-state index in [-0.39, 0.29) is 12.5 Å². The molecule has 4 nitrogen and oxygen atoms in total. The summed E-state index contributed by atoms with van der Waals surface area (Å²) >= 11 is 0. The van der Waals surface area contributed by atoms with Gasteiger partial charge in [-0.3, -0.25) is 4.79 Å². The zero-order valence-corrected chi connectivity index (χ0v) is 15.2. The topological polar surface area (TPSA) is 32.8 Å². The van der Waals surface area contributed by atoms with E-state index < -0.39 is 0 Å². The Kier molecular flexibility index (Phi) is 5.44. The van der Waals surface area contributed by atoms with Crippen molar-refractivity contribution in [3.8, 4) is 5.75 Å². The van der Waals surface area contributed by atoms with Crippen molar-refractivity contribution in [3.05, 3.63) is 29.8 Å². The van der Waals surface area contributed by atoms with E-state index in [1.807, 2.05) is 23.1 Å². The molecule has 24 heavy (non-hydrogen) atoms. The summed E-state index contributed by atoms with van der Waals surface area (Å²) in [5.41, 5.74) is 1.24. The van der Waals surface area contributed by atoms with E-state index >= 15 is 0 Å². The van der Waals surface area contributed by atoms with E-state index in [0.29, 0.717) is 17.9 Å². The van der Waals surface area contributed by atoms with Crippen LogP contribution < -0.4 is 4.74 Å². The van der Waals surface area contributed by atoms with E-state index in [4.69, 9.17) is 4.74 Å². The minimum absolute atomic E-state index is 0.122. The first-order valence-electron chi connectivity index (χ1n) is 9.25. The molecule has 0 saturated carbocycles. The number of likely N-dealkylation sites (tertiary alicyclic amines) is 2. The maximum absolute atomic E-state index is 12.5. The molecule has 1 aromatic rings. The summed E-state index contributed by atoms with van der Waals surface area (Å²) in [6, 6.07) is 8.73. The van der Waals surface area contributed by atoms with Gasteiger partial charge in [0.25, 0.3) is 5.91 Å². The van der Waals surface area contributed by atoms with Gasteiger partial charge in [-0.05, 0) is 62.4 Å². The molecular weight excluding hydrogens is 300 g/mol. The van der Waals surface area contributed by atoms with Crippen molar-refractivity contribution in [2.24, 2.45) is 5.92 Å². The summed E-state index contributed by atoms with van der Waals surface area (Å²) in [6.07, 6.45) is 3.59. The highest BCUT2D eigenvalue weighted by molar-refractivity contribution is 5.78. The number of carbonyl (C=O) groups excluding carboxylic acids is 1. The summed E-state index contributed by atoms with van der Waals surface area (Å²) < 4.78 is 5.77. The van der Waals surface area contributed by atoms with Crippen molar-refractivity contribution >= 4 is 5.91 Å². The molecule has 4 heteroatoms. The van der Waals surface area contributed by atoms with Crippen LogP contribution in [-0.4, -0.2) is 55.0 Å². The van der Waals surface area contributed by atoms with Crippen LogP contribution in [0.4, 0.5) is 0 Å². The number of nitrogens with zero attached hydrogens (tertiary/aromatic N) is 2. The van der Waals surface area contributed by atoms with E-state index in [1.165, 1.54) is 24.9 Å². The lowest BCUT2D eigenvalue weighted by atomic mass is 9.84. The van der Waals surface area contributed by atoms with Gasteiger partial charge in [0.1, 0.15) is 5.75 Å². The standard InChI is InChI=1S/C20H30N2O2/c1-15(2)16-6-4-8-18(12-16)24-14-20(23)22-11-9-19-17(13-22)7-5-10-21(19)3/h4,6,8,12,15,17,19H,5,7,9-11,13-14H2,1-3H3. The van der Waals surface area contributed by atoms with Crippen LogP contribution in [0.3, 0.4) is 0 Å². The fourth-order valence-corrected chi connectivity index (χ4v) is 4.08. The van der Waals surface area contributed by atoms with Crippen LogP contribution in [-0.2, 0) is 4.79 Å². The molecule has 0 bridgehead atoms. The SMILES string of the molecule is CC(C)c1cccc(OCC(=O)N2CCC3C(CCCN3C)C2)c1. The third kappa shape index (κ3) is 3.92. The number of benzene rings is 1. The lowest BCUT2D eigenvalue weighted by molar-refractivity contribution is -0.136. The Hall–Kier alpha value is -1.55. The van der Waals surface area contributed by atoms with Crippen LogP contribution in [0.2, 0.25) is 0 Å². The predicted molar refractivity (Wildman–Crippen MR) is 96.4 cm³/mol. The van der Waals surface area contributed by atoms with Crippen molar-refractivity contribution in [2.45, 2.75) is 45.1 Å². The summed E-state index contributed by atoms with van der Waals surface area (Å²) in [7, 11) is 2.22. The molecule has 3 rings (SSSR count). The Bertz CT molecular complexity index is 573. The molecule has 1 amide bonds. The van der Waals surface area contributed by atoms with Gasteiger partial charge in [0.15, 0.2) is 6.61 Å². The quantitative estimate of drug-likeness (QED) is 0.850. The second kappa shape index (κ2) is 7.56. The van der Waals surface area contributed by atoms with E-state index in [2.05, 4.69) is 31.9 Å². The number of hydrogen-bond acceptors (Lipinski definition) is 3. The second-order valence-corrected chi connectivity index (χ2v) is 7.59. The van der Waals surface area contributed by atoms with E-state index in [0.717, 1.165) is 25.3 Å². The Morgan fingerprint density at radius 3 is 2.92 bits per heavy atom. The van der Waals surface area contributed by atoms with Gasteiger partial charge >= 0.3 is 0 Å². The average molecular weight is 330 g/mol. The van der Waals surface area contributed by atoms with Gasteiger partial charge in [-0.1, -0.05) is 26.0 Å². The molecule has 2 atom stereocenters. The molecule has 2 fully saturated rings. The summed E-state index contributed by atoms with van der Waals surface area (Å²) in [5, 5.41) is 0. The van der Waals surface area contributed by atoms with Crippen LogP contribution in [0.25, 0.3) is 0 Å². The highest BCUT2D eigenvalue weighted by Crippen LogP contribution is 2.29. The first-order chi connectivity index (χ1) is 11.5. The number of amides is 1. The average Bonchev–Trinajstić information content (AvgIpc) is 2.60. The van der Waals surface area contributed by atoms with Crippen molar-refractivity contribution in [1.82, 2.24) is 9.80 Å². The highest BCUT2D eigenvalue weighted by atomic mass is 16.5. The molecule has 2 saturated heterocycles. The first kappa shape index (κ1) is 17.3. The molecule has 1 aromatic carbocycles. The van der Waals surface area contributed by atoms with Crippen LogP contribution in [0.15, 0.2) is 24.3 Å². The molecule has 0 aromatic heterocycles. The maximum Gasteiger partial charge on any atom is 0.260 e. The zero-order valence-electron chi connectivity index (χ0n) is 15.2. The Morgan fingerprint density at radius 2 is 2.12 bits per heavy atom. The molecule has 0 N–H and O–H groups in total. The fraction of sp³-hybridized carbons (Fsp3) is 0.650. The normalized spacial score (nSPS) is 24.8. The lowest BCUT2D eigenvalue weighted by Gasteiger charge is -2.45. The van der Waals surface area contributed by atoms with E-state index in [9.17, 15) is 4.79 Å². The van der Waals surface area contributed by atoms with E-state index in [1.54, 1.807) is 0 Å². The molecule has 132 valence electrons. The molecule has 0 radical (unpaired) electrons. The molecule has 2 aliphatic heterocycles. The van der Waals surface area contributed by atoms with Crippen molar-refractivity contribution in [1.29, 1.82) is 0 Å². The summed E-state index contributed by atoms with van der Waals surface area (Å²) in [4.78, 5) is 17.0. The molecule has 0 aliphatic carbocycles. The Balaban J connectivity index is 1.53. The summed E-state index contributed by atoms with van der Waals surface area (Å²) in [6.45, 7) is 7.42. The number of ether oxygens (including phenoxy) is 1. The van der Waals surface area contributed by atoms with Crippen molar-refractivity contribution in [3.63, 3.8) is 0 Å². The minimum atomic E-state index is 0.122. The molecular formula is C20H30N2O2. The number of hydrogen-bond donors (Lipinski definition) is 0. The van der Waals surface area contributed by atoms with Gasteiger partial charge in [-0.25, -0.2) is 0 Å². The monoisotopic (exact) mass is 330 g/mol. The van der Waals surface area contributed by atoms with Crippen LogP contribution in [0.1, 0.15) is 44.6 Å². The summed E-state index contributed by atoms with van der Waals surface area (Å²) in [5.74, 6) is 2.01. The van der Waals surface area contributed by atoms with Gasteiger partial charge in [-0.2, -0.15) is 0 Å². The number of carbonyl (C=O) groups is 1. The van der Waals surface area contributed by atoms with Crippen molar-refractivity contribution in [2.75, 3.05) is 33.3 Å². The smallest absolute Gasteiger partial charge is 0.260 e. The maximum atomic E-state index is 12.5. The molecule has 2 unspecified atom stereocenters. The molecule has 0 spiro atoms. The van der Waals surface area contributed by atoms with Crippen LogP contribution in [0, 0.1) is 5.92 Å². The predicted octanol–water partition coefficient (Wildman–Crippen LogP) is 3.13. The van der Waals surface area contributed by atoms with Gasteiger partial charge in [0.2, 0.25) is 0 Å². The number of fused-ring (bicyclic) bond motifs is 1. The molecule has 2 heterocycles. The highest BCUT2D eigenvalue weighted by Gasteiger charge is 2.35. The third-order valence-electron chi connectivity index (χ3n) is 5.59. The third-order valence-corrected chi connectivity index (χ3v) is 5.59. The first-order valence-corrected chi connectivity index (χ1v) is 9.25. The van der Waals surface area contributed by atoms with Crippen molar-refractivity contribution < 1.29 is 9.53 Å². The molecule has 2 aliphatic rings. The zero-order chi connectivity index (χ0) is 17.1. The van der Waals surface area contributed by atoms with Gasteiger partial charge in [0, 0.05) is 19.1 Å². The van der Waals surface area contributed by atoms with Crippen LogP contribution >= 0.6 is 0 Å². The number of rotatable bonds is 4. The lowest BCUT2D eigenvalue weighted by Crippen LogP contribution is -2.54. The second-order valence-electron chi connectivity index (χ2n) is 7.59. The Labute approximate surface area is 145 Å². The van der Waals surface area contributed by atoms with Crippen LogP contribution in [0.5, 0.6) is 5.75 Å². The number of piperidine rings is 2. The Morgan fingerprint density at radius 1 is 1.29 bits per heavy atom. The largest absolute Gasteiger partial charge is 0.484 e. The minimum Gasteiger partial charge on any atom is -0.484 e. The fourth-order valence-electron chi connectivity index (χ4n) is 4.08. The van der Waals surface area contributed by atoms with Gasteiger partial charge < -0.3 is 14.5 Å². The van der Waals surface area contributed by atoms with Gasteiger partial charge in [0.05, 0.1) is 0 Å².